The normalized spacial score (nSPS) is 10.8. The van der Waals surface area contributed by atoms with Crippen molar-refractivity contribution in [3.8, 4) is 0 Å². The molecule has 0 saturated heterocycles. The monoisotopic (exact) mass is 330 g/mol. The van der Waals surface area contributed by atoms with Gasteiger partial charge in [0.2, 0.25) is 0 Å². The van der Waals surface area contributed by atoms with Gasteiger partial charge in [-0.3, -0.25) is 4.79 Å². The molecule has 0 spiro atoms. The van der Waals surface area contributed by atoms with Crippen LogP contribution in [0.5, 0.6) is 0 Å². The molecule has 3 rings (SSSR count). The number of hydrogen-bond acceptors (Lipinski definition) is 2. The SMILES string of the molecule is O=C(Cc1ccc2ccccc2c1)c1ccc(Br)s1. The molecule has 0 fully saturated rings. The summed E-state index contributed by atoms with van der Waals surface area (Å²) in [5.74, 6) is 0.172. The molecule has 2 aromatic carbocycles. The fourth-order valence-electron chi connectivity index (χ4n) is 2.09. The third kappa shape index (κ3) is 2.77. The average molecular weight is 331 g/mol. The number of carbonyl (C=O) groups is 1. The van der Waals surface area contributed by atoms with Gasteiger partial charge in [0.25, 0.3) is 0 Å². The first-order valence-corrected chi connectivity index (χ1v) is 7.59. The van der Waals surface area contributed by atoms with Crippen LogP contribution in [-0.2, 0) is 6.42 Å². The number of carbonyl (C=O) groups excluding carboxylic acids is 1. The number of fused-ring (bicyclic) bond motifs is 1. The van der Waals surface area contributed by atoms with Crippen LogP contribution in [0, 0.1) is 0 Å². The fraction of sp³-hybridized carbons (Fsp3) is 0.0625. The molecule has 1 heterocycles. The zero-order valence-electron chi connectivity index (χ0n) is 10.1. The van der Waals surface area contributed by atoms with E-state index < -0.39 is 0 Å². The van der Waals surface area contributed by atoms with Crippen molar-refractivity contribution in [1.82, 2.24) is 0 Å². The molecule has 1 aromatic heterocycles. The molecule has 1 nitrogen and oxygen atoms in total. The number of rotatable bonds is 3. The number of thiophene rings is 1. The molecule has 19 heavy (non-hydrogen) atoms. The van der Waals surface area contributed by atoms with Crippen molar-refractivity contribution in [2.24, 2.45) is 0 Å². The van der Waals surface area contributed by atoms with Crippen LogP contribution >= 0.6 is 27.3 Å². The van der Waals surface area contributed by atoms with E-state index >= 15 is 0 Å². The van der Waals surface area contributed by atoms with E-state index in [1.807, 2.05) is 30.3 Å². The molecule has 3 aromatic rings. The van der Waals surface area contributed by atoms with Crippen molar-refractivity contribution in [3.05, 3.63) is 68.8 Å². The molecule has 0 N–H and O–H groups in total. The number of benzene rings is 2. The molecule has 0 unspecified atom stereocenters. The predicted molar refractivity (Wildman–Crippen MR) is 84.0 cm³/mol. The Morgan fingerprint density at radius 3 is 2.53 bits per heavy atom. The summed E-state index contributed by atoms with van der Waals surface area (Å²) in [7, 11) is 0. The Balaban J connectivity index is 1.87. The number of Topliss-reactive ketones (excluding diaryl/α,β-unsaturated/α-hetero) is 1. The van der Waals surface area contributed by atoms with Gasteiger partial charge < -0.3 is 0 Å². The largest absolute Gasteiger partial charge is 0.293 e. The number of halogens is 1. The highest BCUT2D eigenvalue weighted by Crippen LogP contribution is 2.24. The van der Waals surface area contributed by atoms with Gasteiger partial charge in [0, 0.05) is 6.42 Å². The van der Waals surface area contributed by atoms with Crippen LogP contribution in [0.2, 0.25) is 0 Å². The van der Waals surface area contributed by atoms with E-state index in [4.69, 9.17) is 0 Å². The van der Waals surface area contributed by atoms with Gasteiger partial charge in [-0.15, -0.1) is 11.3 Å². The van der Waals surface area contributed by atoms with Gasteiger partial charge >= 0.3 is 0 Å². The second kappa shape index (κ2) is 5.27. The molecule has 0 radical (unpaired) electrons. The van der Waals surface area contributed by atoms with Crippen LogP contribution in [0.25, 0.3) is 10.8 Å². The van der Waals surface area contributed by atoms with Crippen LogP contribution in [0.4, 0.5) is 0 Å². The van der Waals surface area contributed by atoms with Gasteiger partial charge in [0.15, 0.2) is 5.78 Å². The van der Waals surface area contributed by atoms with E-state index in [0.717, 1.165) is 14.2 Å². The van der Waals surface area contributed by atoms with Crippen LogP contribution in [0.3, 0.4) is 0 Å². The van der Waals surface area contributed by atoms with Crippen LogP contribution in [0.15, 0.2) is 58.4 Å². The van der Waals surface area contributed by atoms with E-state index in [-0.39, 0.29) is 5.78 Å². The van der Waals surface area contributed by atoms with E-state index in [2.05, 4.69) is 40.2 Å². The lowest BCUT2D eigenvalue weighted by atomic mass is 10.0. The second-order valence-corrected chi connectivity index (χ2v) is 6.85. The molecule has 0 atom stereocenters. The van der Waals surface area contributed by atoms with Gasteiger partial charge in [-0.25, -0.2) is 0 Å². The summed E-state index contributed by atoms with van der Waals surface area (Å²) in [6, 6.07) is 18.2. The Morgan fingerprint density at radius 1 is 1.00 bits per heavy atom. The molecule has 94 valence electrons. The highest BCUT2D eigenvalue weighted by atomic mass is 79.9. The minimum Gasteiger partial charge on any atom is -0.293 e. The van der Waals surface area contributed by atoms with Crippen LogP contribution in [-0.4, -0.2) is 5.78 Å². The highest BCUT2D eigenvalue weighted by Gasteiger charge is 2.09. The lowest BCUT2D eigenvalue weighted by Gasteiger charge is -2.02. The summed E-state index contributed by atoms with van der Waals surface area (Å²) in [5, 5.41) is 2.39. The summed E-state index contributed by atoms with van der Waals surface area (Å²) in [4.78, 5) is 13.0. The summed E-state index contributed by atoms with van der Waals surface area (Å²) in [6.07, 6.45) is 0.456. The molecule has 0 aliphatic rings. The van der Waals surface area contributed by atoms with Gasteiger partial charge in [0.1, 0.15) is 0 Å². The Bertz CT molecular complexity index is 745. The van der Waals surface area contributed by atoms with Crippen LogP contribution in [0.1, 0.15) is 15.2 Å². The third-order valence-electron chi connectivity index (χ3n) is 3.03. The van der Waals surface area contributed by atoms with Gasteiger partial charge in [-0.1, -0.05) is 42.5 Å². The minimum absolute atomic E-state index is 0.172. The highest BCUT2D eigenvalue weighted by molar-refractivity contribution is 9.11. The van der Waals surface area contributed by atoms with Crippen molar-refractivity contribution in [1.29, 1.82) is 0 Å². The Kier molecular flexibility index (Phi) is 3.49. The Hall–Kier alpha value is -1.45. The maximum Gasteiger partial charge on any atom is 0.177 e. The van der Waals surface area contributed by atoms with Crippen LogP contribution < -0.4 is 0 Å². The lowest BCUT2D eigenvalue weighted by Crippen LogP contribution is -2.00. The number of ketones is 1. The van der Waals surface area contributed by atoms with Crippen molar-refractivity contribution < 1.29 is 4.79 Å². The quantitative estimate of drug-likeness (QED) is 0.611. The molecular weight excluding hydrogens is 320 g/mol. The van der Waals surface area contributed by atoms with Crippen molar-refractivity contribution in [3.63, 3.8) is 0 Å². The Morgan fingerprint density at radius 2 is 1.79 bits per heavy atom. The predicted octanol–water partition coefficient (Wildman–Crippen LogP) is 5.09. The van der Waals surface area contributed by atoms with E-state index in [1.165, 1.54) is 22.1 Å². The smallest absolute Gasteiger partial charge is 0.177 e. The van der Waals surface area contributed by atoms with Crippen molar-refractivity contribution in [2.75, 3.05) is 0 Å². The molecule has 0 aliphatic heterocycles. The van der Waals surface area contributed by atoms with Gasteiger partial charge in [-0.05, 0) is 44.4 Å². The topological polar surface area (TPSA) is 17.1 Å². The van der Waals surface area contributed by atoms with Gasteiger partial charge in [-0.2, -0.15) is 0 Å². The first kappa shape index (κ1) is 12.6. The molecule has 0 aliphatic carbocycles. The summed E-state index contributed by atoms with van der Waals surface area (Å²) >= 11 is 4.87. The minimum atomic E-state index is 0.172. The first-order chi connectivity index (χ1) is 9.22. The fourth-order valence-corrected chi connectivity index (χ4v) is 3.41. The van der Waals surface area contributed by atoms with Crippen molar-refractivity contribution >= 4 is 43.8 Å². The van der Waals surface area contributed by atoms with E-state index in [9.17, 15) is 4.79 Å². The number of hydrogen-bond donors (Lipinski definition) is 0. The van der Waals surface area contributed by atoms with E-state index in [0.29, 0.717) is 6.42 Å². The molecule has 0 saturated carbocycles. The molecule has 0 amide bonds. The summed E-state index contributed by atoms with van der Waals surface area (Å²) in [6.45, 7) is 0. The maximum atomic E-state index is 12.2. The Labute approximate surface area is 124 Å². The first-order valence-electron chi connectivity index (χ1n) is 5.98. The summed E-state index contributed by atoms with van der Waals surface area (Å²) in [5.41, 5.74) is 1.06. The standard InChI is InChI=1S/C16H11BrOS/c17-16-8-7-15(19-16)14(18)10-11-5-6-12-3-1-2-4-13(12)9-11/h1-9H,10H2. The maximum absolute atomic E-state index is 12.2. The molecular formula is C16H11BrOS. The summed E-state index contributed by atoms with van der Waals surface area (Å²) < 4.78 is 0.995. The molecule has 3 heteroatoms. The average Bonchev–Trinajstić information content (AvgIpc) is 2.85. The zero-order chi connectivity index (χ0) is 13.2. The zero-order valence-corrected chi connectivity index (χ0v) is 12.5. The molecule has 0 bridgehead atoms. The second-order valence-electron chi connectivity index (χ2n) is 4.39. The van der Waals surface area contributed by atoms with Gasteiger partial charge in [0.05, 0.1) is 8.66 Å². The van der Waals surface area contributed by atoms with E-state index in [1.54, 1.807) is 0 Å². The lowest BCUT2D eigenvalue weighted by molar-refractivity contribution is 0.0997. The van der Waals surface area contributed by atoms with Crippen molar-refractivity contribution in [2.45, 2.75) is 6.42 Å². The third-order valence-corrected chi connectivity index (χ3v) is 4.69.